The highest BCUT2D eigenvalue weighted by molar-refractivity contribution is 6.21. The molecule has 0 amide bonds. The van der Waals surface area contributed by atoms with E-state index in [1.165, 1.54) is 0 Å². The van der Waals surface area contributed by atoms with Crippen molar-refractivity contribution in [3.63, 3.8) is 0 Å². The largest absolute Gasteiger partial charge is 0.511 e. The van der Waals surface area contributed by atoms with E-state index in [4.69, 9.17) is 0 Å². The number of nitrogens with zero attached hydrogens (tertiary/aromatic N) is 1. The lowest BCUT2D eigenvalue weighted by Gasteiger charge is -2.28. The second-order valence-corrected chi connectivity index (χ2v) is 7.78. The first-order chi connectivity index (χ1) is 12.8. The third-order valence-electron chi connectivity index (χ3n) is 4.87. The summed E-state index contributed by atoms with van der Waals surface area (Å²) in [6, 6.07) is 14.3. The number of aromatic nitrogens is 2. The number of ketones is 2. The van der Waals surface area contributed by atoms with Gasteiger partial charge in [-0.3, -0.25) is 9.59 Å². The van der Waals surface area contributed by atoms with Gasteiger partial charge in [-0.05, 0) is 23.6 Å². The molecule has 0 saturated carbocycles. The normalized spacial score (nSPS) is 16.7. The number of rotatable bonds is 3. The Hall–Kier alpha value is -3.21. The molecule has 1 aromatic heterocycles. The Balaban J connectivity index is 1.74. The Morgan fingerprint density at radius 2 is 1.81 bits per heavy atom. The molecule has 0 bridgehead atoms. The van der Waals surface area contributed by atoms with Gasteiger partial charge in [0.25, 0.3) is 0 Å². The molecule has 0 radical (unpaired) electrons. The van der Waals surface area contributed by atoms with Gasteiger partial charge in [-0.25, -0.2) is 4.98 Å². The Labute approximate surface area is 156 Å². The minimum Gasteiger partial charge on any atom is -0.511 e. The summed E-state index contributed by atoms with van der Waals surface area (Å²) in [5.41, 5.74) is 2.45. The van der Waals surface area contributed by atoms with Crippen LogP contribution in [0.25, 0.3) is 16.6 Å². The van der Waals surface area contributed by atoms with E-state index < -0.39 is 0 Å². The second kappa shape index (κ2) is 6.20. The quantitative estimate of drug-likeness (QED) is 0.676. The molecule has 3 aromatic rings. The van der Waals surface area contributed by atoms with Crippen molar-refractivity contribution < 1.29 is 14.7 Å². The molecule has 2 aromatic carbocycles. The summed E-state index contributed by atoms with van der Waals surface area (Å²) in [5.74, 6) is 0.220. The van der Waals surface area contributed by atoms with Crippen LogP contribution in [0.3, 0.4) is 0 Å². The lowest BCUT2D eigenvalue weighted by Crippen LogP contribution is -2.25. The van der Waals surface area contributed by atoms with E-state index in [2.05, 4.69) is 9.97 Å². The molecular formula is C22H20N2O3. The molecule has 5 nitrogen and oxygen atoms in total. The molecular weight excluding hydrogens is 340 g/mol. The number of Topliss-reactive ketones (excluding diaryl/α,β-unsaturated/α-hetero) is 1. The Kier molecular flexibility index (Phi) is 3.95. The van der Waals surface area contributed by atoms with E-state index in [1.54, 1.807) is 30.3 Å². The molecule has 0 saturated heterocycles. The number of aromatic amines is 1. The Morgan fingerprint density at radius 1 is 1.07 bits per heavy atom. The van der Waals surface area contributed by atoms with Gasteiger partial charge in [-0.15, -0.1) is 0 Å². The van der Waals surface area contributed by atoms with E-state index in [9.17, 15) is 14.7 Å². The Bertz CT molecular complexity index is 1090. The van der Waals surface area contributed by atoms with E-state index in [0.717, 1.165) is 0 Å². The van der Waals surface area contributed by atoms with E-state index in [0.29, 0.717) is 40.8 Å². The number of allylic oxidation sites excluding steroid dienone is 2. The molecule has 136 valence electrons. The third-order valence-corrected chi connectivity index (χ3v) is 4.87. The average molecular weight is 360 g/mol. The van der Waals surface area contributed by atoms with E-state index >= 15 is 0 Å². The molecule has 0 spiro atoms. The fourth-order valence-electron chi connectivity index (χ4n) is 3.58. The van der Waals surface area contributed by atoms with Crippen molar-refractivity contribution in [3.8, 4) is 0 Å². The predicted octanol–water partition coefficient (Wildman–Crippen LogP) is 4.45. The number of carbonyl (C=O) groups excluding carboxylic acids is 2. The standard InChI is InChI=1S/C22H20N2O3/c1-22(2)11-17(25)19(18(26)12-22)21-23-15-9-8-14(10-16(15)24-21)20(27)13-6-4-3-5-7-13/h3-10,25H,11-12H2,1-2H3,(H,23,24). The summed E-state index contributed by atoms with van der Waals surface area (Å²) in [6.07, 6.45) is 0.796. The van der Waals surface area contributed by atoms with Crippen molar-refractivity contribution in [2.24, 2.45) is 5.41 Å². The number of nitrogens with one attached hydrogen (secondary N) is 1. The van der Waals surface area contributed by atoms with Gasteiger partial charge in [-0.2, -0.15) is 0 Å². The molecule has 1 aliphatic carbocycles. The molecule has 1 heterocycles. The van der Waals surface area contributed by atoms with Crippen molar-refractivity contribution in [2.45, 2.75) is 26.7 Å². The van der Waals surface area contributed by atoms with Gasteiger partial charge in [0, 0.05) is 24.0 Å². The first-order valence-electron chi connectivity index (χ1n) is 8.89. The van der Waals surface area contributed by atoms with Gasteiger partial charge in [0.1, 0.15) is 11.6 Å². The summed E-state index contributed by atoms with van der Waals surface area (Å²) in [6.45, 7) is 3.91. The minimum absolute atomic E-state index is 0.0656. The summed E-state index contributed by atoms with van der Waals surface area (Å²) in [4.78, 5) is 32.7. The maximum absolute atomic E-state index is 12.6. The van der Waals surface area contributed by atoms with Crippen LogP contribution in [0.2, 0.25) is 0 Å². The average Bonchev–Trinajstić information content (AvgIpc) is 3.02. The van der Waals surface area contributed by atoms with Crippen LogP contribution < -0.4 is 0 Å². The SMILES string of the molecule is CC1(C)CC(=O)C(c2nc3ccc(C(=O)c4ccccc4)cc3[nH]2)=C(O)C1. The number of fused-ring (bicyclic) bond motifs is 1. The van der Waals surface area contributed by atoms with Gasteiger partial charge < -0.3 is 10.1 Å². The van der Waals surface area contributed by atoms with Gasteiger partial charge >= 0.3 is 0 Å². The van der Waals surface area contributed by atoms with E-state index in [-0.39, 0.29) is 28.3 Å². The van der Waals surface area contributed by atoms with Gasteiger partial charge in [-0.1, -0.05) is 44.2 Å². The number of benzene rings is 2. The predicted molar refractivity (Wildman–Crippen MR) is 104 cm³/mol. The topological polar surface area (TPSA) is 83.0 Å². The van der Waals surface area contributed by atoms with Gasteiger partial charge in [0.05, 0.1) is 16.6 Å². The highest BCUT2D eigenvalue weighted by atomic mass is 16.3. The van der Waals surface area contributed by atoms with Crippen LogP contribution in [-0.2, 0) is 4.79 Å². The lowest BCUT2D eigenvalue weighted by molar-refractivity contribution is -0.116. The molecule has 2 N–H and O–H groups in total. The van der Waals surface area contributed by atoms with Crippen molar-refractivity contribution in [1.82, 2.24) is 9.97 Å². The zero-order chi connectivity index (χ0) is 19.2. The molecule has 1 aliphatic rings. The first kappa shape index (κ1) is 17.2. The fraction of sp³-hybridized carbons (Fsp3) is 0.227. The third kappa shape index (κ3) is 3.16. The Morgan fingerprint density at radius 3 is 2.52 bits per heavy atom. The lowest BCUT2D eigenvalue weighted by atomic mass is 9.76. The molecule has 0 aliphatic heterocycles. The minimum atomic E-state index is -0.258. The van der Waals surface area contributed by atoms with Crippen molar-refractivity contribution >= 4 is 28.2 Å². The molecule has 0 fully saturated rings. The van der Waals surface area contributed by atoms with Crippen LogP contribution >= 0.6 is 0 Å². The fourth-order valence-corrected chi connectivity index (χ4v) is 3.58. The van der Waals surface area contributed by atoms with Crippen LogP contribution in [0.5, 0.6) is 0 Å². The number of hydrogen-bond donors (Lipinski definition) is 2. The van der Waals surface area contributed by atoms with Crippen LogP contribution in [0.15, 0.2) is 54.3 Å². The molecule has 0 unspecified atom stereocenters. The van der Waals surface area contributed by atoms with Crippen molar-refractivity contribution in [2.75, 3.05) is 0 Å². The monoisotopic (exact) mass is 360 g/mol. The summed E-state index contributed by atoms with van der Waals surface area (Å²) >= 11 is 0. The van der Waals surface area contributed by atoms with Crippen molar-refractivity contribution in [3.05, 3.63) is 71.2 Å². The van der Waals surface area contributed by atoms with E-state index in [1.807, 2.05) is 32.0 Å². The number of imidazole rings is 1. The number of carbonyl (C=O) groups is 2. The zero-order valence-corrected chi connectivity index (χ0v) is 15.2. The molecule has 4 rings (SSSR count). The smallest absolute Gasteiger partial charge is 0.193 e. The van der Waals surface area contributed by atoms with Crippen LogP contribution in [0, 0.1) is 5.41 Å². The highest BCUT2D eigenvalue weighted by Gasteiger charge is 2.34. The zero-order valence-electron chi connectivity index (χ0n) is 15.2. The molecule has 5 heteroatoms. The highest BCUT2D eigenvalue weighted by Crippen LogP contribution is 2.38. The first-order valence-corrected chi connectivity index (χ1v) is 8.89. The van der Waals surface area contributed by atoms with Crippen LogP contribution in [0.1, 0.15) is 48.4 Å². The number of aliphatic hydroxyl groups excluding tert-OH is 1. The molecule has 27 heavy (non-hydrogen) atoms. The maximum atomic E-state index is 12.6. The van der Waals surface area contributed by atoms with Crippen LogP contribution in [0.4, 0.5) is 0 Å². The van der Waals surface area contributed by atoms with Crippen molar-refractivity contribution in [1.29, 1.82) is 0 Å². The summed E-state index contributed by atoms with van der Waals surface area (Å²) < 4.78 is 0. The molecule has 0 atom stereocenters. The maximum Gasteiger partial charge on any atom is 0.193 e. The number of hydrogen-bond acceptors (Lipinski definition) is 4. The van der Waals surface area contributed by atoms with Gasteiger partial charge in [0.15, 0.2) is 11.6 Å². The number of aliphatic hydroxyl groups is 1. The second-order valence-electron chi connectivity index (χ2n) is 7.78. The summed E-state index contributed by atoms with van der Waals surface area (Å²) in [5, 5.41) is 10.4. The summed E-state index contributed by atoms with van der Waals surface area (Å²) in [7, 11) is 0. The van der Waals surface area contributed by atoms with Crippen LogP contribution in [-0.4, -0.2) is 26.6 Å². The van der Waals surface area contributed by atoms with Gasteiger partial charge in [0.2, 0.25) is 0 Å². The number of H-pyrrole nitrogens is 1.